The number of nitrogens with one attached hydrogen (secondary N) is 2. The molecule has 0 aliphatic heterocycles. The topological polar surface area (TPSA) is 97.2 Å². The second-order valence-corrected chi connectivity index (χ2v) is 4.62. The molecule has 1 aromatic carbocycles. The van der Waals surface area contributed by atoms with E-state index in [1.807, 2.05) is 13.0 Å². The molecule has 2 N–H and O–H groups in total. The third kappa shape index (κ3) is 3.44. The lowest BCUT2D eigenvalue weighted by molar-refractivity contribution is -0.384. The van der Waals surface area contributed by atoms with Crippen LogP contribution in [0.1, 0.15) is 12.1 Å². The van der Waals surface area contributed by atoms with E-state index in [-0.39, 0.29) is 11.6 Å². The minimum absolute atomic E-state index is 0.0162. The van der Waals surface area contributed by atoms with E-state index in [1.165, 1.54) is 12.1 Å². The van der Waals surface area contributed by atoms with Crippen molar-refractivity contribution in [3.63, 3.8) is 0 Å². The van der Waals surface area contributed by atoms with Crippen LogP contribution in [0.2, 0.25) is 0 Å². The van der Waals surface area contributed by atoms with Gasteiger partial charge in [0.05, 0.1) is 10.4 Å². The molecule has 0 saturated heterocycles. The van der Waals surface area contributed by atoms with E-state index >= 15 is 0 Å². The largest absolute Gasteiger partial charge is 0.384 e. The van der Waals surface area contributed by atoms with Gasteiger partial charge in [-0.2, -0.15) is 0 Å². The minimum Gasteiger partial charge on any atom is -0.384 e. The number of non-ortho nitro benzene ring substituents is 1. The van der Waals surface area contributed by atoms with Gasteiger partial charge in [0.25, 0.3) is 5.69 Å². The lowest BCUT2D eigenvalue weighted by Gasteiger charge is -2.10. The Labute approximate surface area is 121 Å². The van der Waals surface area contributed by atoms with Gasteiger partial charge in [0.15, 0.2) is 0 Å². The molecule has 7 heteroatoms. The first-order valence-corrected chi connectivity index (χ1v) is 6.51. The van der Waals surface area contributed by atoms with Gasteiger partial charge in [0.1, 0.15) is 0 Å². The van der Waals surface area contributed by atoms with E-state index < -0.39 is 4.92 Å². The minimum atomic E-state index is -0.437. The fourth-order valence-electron chi connectivity index (χ4n) is 2.04. The molecule has 2 aromatic rings. The average Bonchev–Trinajstić information content (AvgIpc) is 2.46. The monoisotopic (exact) mass is 288 g/mol. The van der Waals surface area contributed by atoms with Gasteiger partial charge in [-0.25, -0.2) is 0 Å². The van der Waals surface area contributed by atoms with Crippen LogP contribution in [0.15, 0.2) is 24.3 Å². The lowest BCUT2D eigenvalue weighted by atomic mass is 10.1. The highest BCUT2D eigenvalue weighted by Crippen LogP contribution is 2.27. The average molecular weight is 288 g/mol. The Balaban J connectivity index is 2.33. The van der Waals surface area contributed by atoms with Crippen molar-refractivity contribution in [3.05, 3.63) is 40.1 Å². The number of carbonyl (C=O) groups is 1. The summed E-state index contributed by atoms with van der Waals surface area (Å²) in [4.78, 5) is 26.0. The Morgan fingerprint density at radius 2 is 2.14 bits per heavy atom. The maximum Gasteiger partial charge on any atom is 0.270 e. The summed E-state index contributed by atoms with van der Waals surface area (Å²) in [6, 6.07) is 6.37. The fourth-order valence-corrected chi connectivity index (χ4v) is 2.04. The number of nitro benzene ring substituents is 1. The van der Waals surface area contributed by atoms with Crippen LogP contribution in [0.3, 0.4) is 0 Å². The van der Waals surface area contributed by atoms with Crippen LogP contribution in [0.5, 0.6) is 0 Å². The molecule has 21 heavy (non-hydrogen) atoms. The zero-order chi connectivity index (χ0) is 15.4. The van der Waals surface area contributed by atoms with Gasteiger partial charge in [-0.1, -0.05) is 0 Å². The van der Waals surface area contributed by atoms with Gasteiger partial charge < -0.3 is 10.6 Å². The summed E-state index contributed by atoms with van der Waals surface area (Å²) in [7, 11) is 1.58. The number of aromatic nitrogens is 1. The predicted molar refractivity (Wildman–Crippen MR) is 80.3 cm³/mol. The fraction of sp³-hybridized carbons (Fsp3) is 0.286. The summed E-state index contributed by atoms with van der Waals surface area (Å²) in [6.45, 7) is 2.30. The summed E-state index contributed by atoms with van der Waals surface area (Å²) >= 11 is 0. The number of fused-ring (bicyclic) bond motifs is 1. The van der Waals surface area contributed by atoms with Crippen molar-refractivity contribution in [1.29, 1.82) is 0 Å². The Kier molecular flexibility index (Phi) is 4.32. The van der Waals surface area contributed by atoms with Gasteiger partial charge in [0.2, 0.25) is 5.91 Å². The number of benzene rings is 1. The van der Waals surface area contributed by atoms with E-state index in [2.05, 4.69) is 15.6 Å². The van der Waals surface area contributed by atoms with Crippen LogP contribution in [0.4, 0.5) is 11.4 Å². The van der Waals surface area contributed by atoms with Gasteiger partial charge in [-0.05, 0) is 19.1 Å². The number of nitro groups is 1. The first-order chi connectivity index (χ1) is 10.0. The lowest BCUT2D eigenvalue weighted by Crippen LogP contribution is -2.20. The molecule has 0 saturated carbocycles. The molecule has 0 aliphatic carbocycles. The zero-order valence-corrected chi connectivity index (χ0v) is 11.8. The maximum absolute atomic E-state index is 11.2. The maximum atomic E-state index is 11.2. The van der Waals surface area contributed by atoms with Crippen LogP contribution in [-0.4, -0.2) is 29.4 Å². The van der Waals surface area contributed by atoms with Crippen molar-refractivity contribution in [2.45, 2.75) is 13.3 Å². The van der Waals surface area contributed by atoms with Gasteiger partial charge in [-0.15, -0.1) is 0 Å². The molecular formula is C14H16N4O3. The third-order valence-electron chi connectivity index (χ3n) is 3.08. The van der Waals surface area contributed by atoms with Crippen LogP contribution in [-0.2, 0) is 4.79 Å². The quantitative estimate of drug-likeness (QED) is 0.648. The van der Waals surface area contributed by atoms with Gasteiger partial charge in [0, 0.05) is 48.9 Å². The molecule has 0 atom stereocenters. The Hall–Kier alpha value is -2.70. The van der Waals surface area contributed by atoms with Crippen molar-refractivity contribution >= 4 is 28.2 Å². The Bertz CT molecular complexity index is 700. The molecule has 1 heterocycles. The number of rotatable bonds is 5. The van der Waals surface area contributed by atoms with Crippen LogP contribution >= 0.6 is 0 Å². The van der Waals surface area contributed by atoms with E-state index in [4.69, 9.17) is 0 Å². The Morgan fingerprint density at radius 1 is 1.38 bits per heavy atom. The molecule has 2 rings (SSSR count). The second kappa shape index (κ2) is 6.17. The number of aryl methyl sites for hydroxylation is 1. The van der Waals surface area contributed by atoms with E-state index in [1.54, 1.807) is 13.1 Å². The number of hydrogen-bond acceptors (Lipinski definition) is 5. The highest BCUT2D eigenvalue weighted by Gasteiger charge is 2.11. The van der Waals surface area contributed by atoms with Gasteiger partial charge in [-0.3, -0.25) is 19.9 Å². The van der Waals surface area contributed by atoms with E-state index in [9.17, 15) is 14.9 Å². The third-order valence-corrected chi connectivity index (χ3v) is 3.08. The SMILES string of the molecule is CNC(=O)CCNc1cc(C)nc2ccc([N+](=O)[O-])cc12. The number of anilines is 1. The number of pyridine rings is 1. The first kappa shape index (κ1) is 14.7. The summed E-state index contributed by atoms with van der Waals surface area (Å²) in [5, 5.41) is 17.2. The molecule has 0 radical (unpaired) electrons. The normalized spacial score (nSPS) is 10.4. The summed E-state index contributed by atoms with van der Waals surface area (Å²) < 4.78 is 0. The number of carbonyl (C=O) groups excluding carboxylic acids is 1. The summed E-state index contributed by atoms with van der Waals surface area (Å²) in [5.41, 5.74) is 2.24. The number of amides is 1. The van der Waals surface area contributed by atoms with Crippen molar-refractivity contribution in [1.82, 2.24) is 10.3 Å². The van der Waals surface area contributed by atoms with Gasteiger partial charge >= 0.3 is 0 Å². The molecule has 0 unspecified atom stereocenters. The predicted octanol–water partition coefficient (Wildman–Crippen LogP) is 2.00. The molecule has 1 amide bonds. The standard InChI is InChI=1S/C14H16N4O3/c1-9-7-13(16-6-5-14(19)15-2)11-8-10(18(20)21)3-4-12(11)17-9/h3-4,7-8H,5-6H2,1-2H3,(H,15,19)(H,16,17). The van der Waals surface area contributed by atoms with Crippen LogP contribution in [0, 0.1) is 17.0 Å². The first-order valence-electron chi connectivity index (χ1n) is 6.51. The van der Waals surface area contributed by atoms with Crippen LogP contribution in [0.25, 0.3) is 10.9 Å². The molecule has 0 spiro atoms. The second-order valence-electron chi connectivity index (χ2n) is 4.62. The highest BCUT2D eigenvalue weighted by molar-refractivity contribution is 5.93. The summed E-state index contributed by atoms with van der Waals surface area (Å²) in [5.74, 6) is -0.0661. The molecule has 0 bridgehead atoms. The molecule has 110 valence electrons. The zero-order valence-electron chi connectivity index (χ0n) is 11.8. The van der Waals surface area contributed by atoms with Crippen molar-refractivity contribution < 1.29 is 9.72 Å². The van der Waals surface area contributed by atoms with Crippen molar-refractivity contribution in [2.75, 3.05) is 18.9 Å². The smallest absolute Gasteiger partial charge is 0.270 e. The molecule has 0 fully saturated rings. The number of nitrogens with zero attached hydrogens (tertiary/aromatic N) is 2. The Morgan fingerprint density at radius 3 is 2.81 bits per heavy atom. The van der Waals surface area contributed by atoms with Crippen LogP contribution < -0.4 is 10.6 Å². The van der Waals surface area contributed by atoms with Crippen molar-refractivity contribution in [3.8, 4) is 0 Å². The molecule has 7 nitrogen and oxygen atoms in total. The highest BCUT2D eigenvalue weighted by atomic mass is 16.6. The van der Waals surface area contributed by atoms with E-state index in [0.29, 0.717) is 23.9 Å². The van der Waals surface area contributed by atoms with E-state index in [0.717, 1.165) is 11.4 Å². The summed E-state index contributed by atoms with van der Waals surface area (Å²) in [6.07, 6.45) is 0.328. The molecule has 0 aliphatic rings. The number of hydrogen-bond donors (Lipinski definition) is 2. The molecular weight excluding hydrogens is 272 g/mol. The molecule has 1 aromatic heterocycles. The van der Waals surface area contributed by atoms with Crippen molar-refractivity contribution in [2.24, 2.45) is 0 Å².